The van der Waals surface area contributed by atoms with Crippen molar-refractivity contribution in [2.75, 3.05) is 65.6 Å². The van der Waals surface area contributed by atoms with Gasteiger partial charge < -0.3 is 24.3 Å². The maximum atomic E-state index is 12.2. The van der Waals surface area contributed by atoms with Crippen molar-refractivity contribution in [1.82, 2.24) is 20.0 Å². The number of furan rings is 1. The predicted octanol–water partition coefficient (Wildman–Crippen LogP) is 0.244. The van der Waals surface area contributed by atoms with Crippen LogP contribution in [0, 0.1) is 0 Å². The molecule has 1 aromatic heterocycles. The molecule has 7 nitrogen and oxygen atoms in total. The van der Waals surface area contributed by atoms with Crippen LogP contribution in [-0.4, -0.2) is 91.3 Å². The van der Waals surface area contributed by atoms with E-state index in [0.717, 1.165) is 57.6 Å². The Hall–Kier alpha value is -1.64. The van der Waals surface area contributed by atoms with Crippen molar-refractivity contribution >= 4 is 23.2 Å². The maximum Gasteiger partial charge on any atom is 0.289 e. The Morgan fingerprint density at radius 3 is 2.50 bits per heavy atom. The lowest BCUT2D eigenvalue weighted by Crippen LogP contribution is -2.53. The van der Waals surface area contributed by atoms with Crippen molar-refractivity contribution in [3.8, 4) is 0 Å². The first kappa shape index (κ1) is 17.2. The van der Waals surface area contributed by atoms with Crippen LogP contribution in [0.15, 0.2) is 22.8 Å². The number of amides is 1. The lowest BCUT2D eigenvalue weighted by Gasteiger charge is -2.36. The lowest BCUT2D eigenvalue weighted by atomic mass is 10.3. The fourth-order valence-electron chi connectivity index (χ4n) is 2.93. The second-order valence-corrected chi connectivity index (χ2v) is 6.33. The number of hydrogen-bond donors (Lipinski definition) is 1. The van der Waals surface area contributed by atoms with E-state index in [2.05, 4.69) is 15.1 Å². The van der Waals surface area contributed by atoms with Gasteiger partial charge in [-0.1, -0.05) is 0 Å². The van der Waals surface area contributed by atoms with Gasteiger partial charge in [0.1, 0.15) is 0 Å². The Kier molecular flexibility index (Phi) is 6.06. The van der Waals surface area contributed by atoms with Gasteiger partial charge in [-0.2, -0.15) is 0 Å². The number of ether oxygens (including phenoxy) is 1. The zero-order chi connectivity index (χ0) is 16.8. The van der Waals surface area contributed by atoms with Crippen LogP contribution in [-0.2, 0) is 4.74 Å². The highest BCUT2D eigenvalue weighted by Crippen LogP contribution is 2.09. The van der Waals surface area contributed by atoms with Gasteiger partial charge in [-0.15, -0.1) is 0 Å². The fraction of sp³-hybridized carbons (Fsp3) is 0.625. The molecule has 3 heterocycles. The van der Waals surface area contributed by atoms with Crippen molar-refractivity contribution in [3.05, 3.63) is 24.2 Å². The molecule has 1 amide bonds. The van der Waals surface area contributed by atoms with Gasteiger partial charge in [-0.3, -0.25) is 9.69 Å². The van der Waals surface area contributed by atoms with Crippen LogP contribution in [0.25, 0.3) is 0 Å². The van der Waals surface area contributed by atoms with Gasteiger partial charge in [0.05, 0.1) is 19.5 Å². The summed E-state index contributed by atoms with van der Waals surface area (Å²) in [6.45, 7) is 8.22. The highest BCUT2D eigenvalue weighted by molar-refractivity contribution is 7.80. The molecular weight excluding hydrogens is 328 g/mol. The molecule has 0 spiro atoms. The van der Waals surface area contributed by atoms with E-state index in [1.54, 1.807) is 12.1 Å². The molecule has 1 N–H and O–H groups in total. The van der Waals surface area contributed by atoms with Crippen LogP contribution in [0.1, 0.15) is 10.6 Å². The molecule has 0 radical (unpaired) electrons. The van der Waals surface area contributed by atoms with Crippen LogP contribution >= 0.6 is 12.2 Å². The standard InChI is InChI=1S/C16H24N4O3S/c21-15(14-2-1-11-23-14)19-5-7-20(8-6-19)16(24)17-3-4-18-9-12-22-13-10-18/h1-2,11H,3-10,12-13H2,(H,17,24). The van der Waals surface area contributed by atoms with Crippen LogP contribution in [0.2, 0.25) is 0 Å². The van der Waals surface area contributed by atoms with Gasteiger partial charge in [0.25, 0.3) is 5.91 Å². The molecule has 2 fully saturated rings. The first-order valence-corrected chi connectivity index (χ1v) is 8.80. The number of nitrogens with zero attached hydrogens (tertiary/aromatic N) is 3. The van der Waals surface area contributed by atoms with E-state index in [9.17, 15) is 4.79 Å². The second-order valence-electron chi connectivity index (χ2n) is 5.94. The molecule has 0 aromatic carbocycles. The van der Waals surface area contributed by atoms with E-state index < -0.39 is 0 Å². The van der Waals surface area contributed by atoms with Gasteiger partial charge in [-0.05, 0) is 24.4 Å². The summed E-state index contributed by atoms with van der Waals surface area (Å²) in [5.41, 5.74) is 0. The Balaban J connectivity index is 1.36. The smallest absolute Gasteiger partial charge is 0.289 e. The van der Waals surface area contributed by atoms with E-state index in [0.29, 0.717) is 18.8 Å². The van der Waals surface area contributed by atoms with Crippen molar-refractivity contribution in [2.45, 2.75) is 0 Å². The topological polar surface area (TPSA) is 61.2 Å². The first-order chi connectivity index (χ1) is 11.7. The van der Waals surface area contributed by atoms with E-state index >= 15 is 0 Å². The molecule has 0 aliphatic carbocycles. The summed E-state index contributed by atoms with van der Waals surface area (Å²) >= 11 is 5.47. The molecule has 2 aliphatic rings. The van der Waals surface area contributed by atoms with E-state index in [1.165, 1.54) is 6.26 Å². The molecule has 132 valence electrons. The maximum absolute atomic E-state index is 12.2. The lowest BCUT2D eigenvalue weighted by molar-refractivity contribution is 0.0388. The number of carbonyl (C=O) groups excluding carboxylic acids is 1. The summed E-state index contributed by atoms with van der Waals surface area (Å²) in [4.78, 5) is 18.5. The number of rotatable bonds is 4. The third-order valence-corrected chi connectivity index (χ3v) is 4.80. The molecule has 3 rings (SSSR count). The van der Waals surface area contributed by atoms with Gasteiger partial charge in [0, 0.05) is 52.4 Å². The Labute approximate surface area is 147 Å². The monoisotopic (exact) mass is 352 g/mol. The molecule has 24 heavy (non-hydrogen) atoms. The summed E-state index contributed by atoms with van der Waals surface area (Å²) < 4.78 is 10.5. The molecule has 0 atom stereocenters. The SMILES string of the molecule is O=C(c1ccco1)N1CCN(C(=S)NCCN2CCOCC2)CC1. The van der Waals surface area contributed by atoms with Gasteiger partial charge >= 0.3 is 0 Å². The quantitative estimate of drug-likeness (QED) is 0.779. The van der Waals surface area contributed by atoms with E-state index in [-0.39, 0.29) is 5.91 Å². The average molecular weight is 352 g/mol. The average Bonchev–Trinajstić information content (AvgIpc) is 3.17. The largest absolute Gasteiger partial charge is 0.459 e. The van der Waals surface area contributed by atoms with Crippen molar-refractivity contribution in [3.63, 3.8) is 0 Å². The minimum Gasteiger partial charge on any atom is -0.459 e. The Morgan fingerprint density at radius 2 is 1.83 bits per heavy atom. The molecule has 2 aliphatic heterocycles. The third-order valence-electron chi connectivity index (χ3n) is 4.39. The number of thiocarbonyl (C=S) groups is 1. The van der Waals surface area contributed by atoms with Crippen LogP contribution in [0.4, 0.5) is 0 Å². The van der Waals surface area contributed by atoms with Crippen LogP contribution < -0.4 is 5.32 Å². The molecule has 0 bridgehead atoms. The summed E-state index contributed by atoms with van der Waals surface area (Å²) in [7, 11) is 0. The molecule has 0 saturated carbocycles. The normalized spacial score (nSPS) is 19.3. The first-order valence-electron chi connectivity index (χ1n) is 8.40. The zero-order valence-corrected chi connectivity index (χ0v) is 14.6. The van der Waals surface area contributed by atoms with Gasteiger partial charge in [-0.25, -0.2) is 0 Å². The number of hydrogen-bond acceptors (Lipinski definition) is 5. The molecule has 2 saturated heterocycles. The molecule has 0 unspecified atom stereocenters. The zero-order valence-electron chi connectivity index (χ0n) is 13.8. The van der Waals surface area contributed by atoms with Crippen molar-refractivity contribution in [2.24, 2.45) is 0 Å². The van der Waals surface area contributed by atoms with Gasteiger partial charge in [0.2, 0.25) is 0 Å². The molecule has 8 heteroatoms. The third kappa shape index (κ3) is 4.46. The minimum absolute atomic E-state index is 0.0501. The van der Waals surface area contributed by atoms with Crippen LogP contribution in [0.5, 0.6) is 0 Å². The van der Waals surface area contributed by atoms with Crippen LogP contribution in [0.3, 0.4) is 0 Å². The Bertz CT molecular complexity index is 538. The summed E-state index contributed by atoms with van der Waals surface area (Å²) in [6.07, 6.45) is 1.52. The highest BCUT2D eigenvalue weighted by atomic mass is 32.1. The van der Waals surface area contributed by atoms with E-state index in [1.807, 2.05) is 4.90 Å². The summed E-state index contributed by atoms with van der Waals surface area (Å²) in [5.74, 6) is 0.348. The van der Waals surface area contributed by atoms with E-state index in [4.69, 9.17) is 21.4 Å². The number of carbonyl (C=O) groups is 1. The molecule has 1 aromatic rings. The van der Waals surface area contributed by atoms with Crippen molar-refractivity contribution < 1.29 is 13.9 Å². The number of nitrogens with one attached hydrogen (secondary N) is 1. The summed E-state index contributed by atoms with van der Waals surface area (Å²) in [5, 5.41) is 4.10. The second kappa shape index (κ2) is 8.46. The number of piperazine rings is 1. The minimum atomic E-state index is -0.0501. The molecular formula is C16H24N4O3S. The predicted molar refractivity (Wildman–Crippen MR) is 94.0 cm³/mol. The highest BCUT2D eigenvalue weighted by Gasteiger charge is 2.24. The number of morpholine rings is 1. The van der Waals surface area contributed by atoms with Crippen molar-refractivity contribution in [1.29, 1.82) is 0 Å². The summed E-state index contributed by atoms with van der Waals surface area (Å²) in [6, 6.07) is 3.43. The fourth-order valence-corrected chi connectivity index (χ4v) is 3.21. The van der Waals surface area contributed by atoms with Gasteiger partial charge in [0.15, 0.2) is 10.9 Å². The Morgan fingerprint density at radius 1 is 1.12 bits per heavy atom.